The zero-order chi connectivity index (χ0) is 36.7. The van der Waals surface area contributed by atoms with Crippen molar-refractivity contribution >= 4 is 64.2 Å². The summed E-state index contributed by atoms with van der Waals surface area (Å²) in [5, 5.41) is 6.14. The van der Waals surface area contributed by atoms with Gasteiger partial charge in [0, 0.05) is 37.7 Å². The molecule has 0 saturated carbocycles. The van der Waals surface area contributed by atoms with Crippen LogP contribution in [0.2, 0.25) is 0 Å². The summed E-state index contributed by atoms with van der Waals surface area (Å²) in [5.74, 6) is 0.743. The van der Waals surface area contributed by atoms with Crippen molar-refractivity contribution in [3.63, 3.8) is 0 Å². The molecule has 0 amide bonds. The molecule has 4 heteroatoms. The molecule has 0 spiro atoms. The summed E-state index contributed by atoms with van der Waals surface area (Å²) >= 11 is 1.77. The second-order valence-corrected chi connectivity index (χ2v) is 14.9. The molecule has 0 aliphatic heterocycles. The minimum Gasteiger partial charge on any atom is -0.309 e. The van der Waals surface area contributed by atoms with Crippen LogP contribution >= 0.6 is 11.3 Å². The van der Waals surface area contributed by atoms with Gasteiger partial charge in [-0.1, -0.05) is 163 Å². The van der Waals surface area contributed by atoms with Crippen LogP contribution in [0.3, 0.4) is 0 Å². The fraction of sp³-hybridized carbons (Fsp3) is 0.0196. The zero-order valence-electron chi connectivity index (χ0n) is 30.2. The molecular formula is C51H35N3S. The molecule has 3 aromatic heterocycles. The lowest BCUT2D eigenvalue weighted by atomic mass is 9.97. The Hall–Kier alpha value is -6.88. The maximum atomic E-state index is 5.25. The first kappa shape index (κ1) is 32.7. The Kier molecular flexibility index (Phi) is 8.24. The predicted molar refractivity (Wildman–Crippen MR) is 234 cm³/mol. The Labute approximate surface area is 323 Å². The Morgan fingerprint density at radius 1 is 0.473 bits per heavy atom. The number of benzene rings is 8. The van der Waals surface area contributed by atoms with Crippen LogP contribution in [-0.4, -0.2) is 14.5 Å². The lowest BCUT2D eigenvalue weighted by Crippen LogP contribution is -1.94. The molecule has 0 N–H and O–H groups in total. The van der Waals surface area contributed by atoms with E-state index in [4.69, 9.17) is 9.97 Å². The summed E-state index contributed by atoms with van der Waals surface area (Å²) < 4.78 is 4.70. The van der Waals surface area contributed by atoms with E-state index in [9.17, 15) is 0 Å². The van der Waals surface area contributed by atoms with Crippen LogP contribution in [-0.2, 0) is 0 Å². The number of hydrogen-bond donors (Lipinski definition) is 0. The van der Waals surface area contributed by atoms with Gasteiger partial charge < -0.3 is 4.57 Å². The largest absolute Gasteiger partial charge is 0.309 e. The van der Waals surface area contributed by atoms with Crippen molar-refractivity contribution in [3.8, 4) is 39.5 Å². The highest BCUT2D eigenvalue weighted by Gasteiger charge is 2.19. The second kappa shape index (κ2) is 13.8. The second-order valence-electron chi connectivity index (χ2n) is 13.9. The normalized spacial score (nSPS) is 11.4. The number of aromatic nitrogens is 3. The lowest BCUT2D eigenvalue weighted by Gasteiger charge is -2.11. The van der Waals surface area contributed by atoms with Gasteiger partial charge in [0.1, 0.15) is 0 Å². The molecule has 0 unspecified atom stereocenters. The molecule has 0 radical (unpaired) electrons. The van der Waals surface area contributed by atoms with Gasteiger partial charge in [0.05, 0.1) is 26.9 Å². The van der Waals surface area contributed by atoms with Crippen molar-refractivity contribution in [1.82, 2.24) is 14.5 Å². The molecule has 8 aromatic carbocycles. The maximum absolute atomic E-state index is 5.25. The average molecular weight is 722 g/mol. The van der Waals surface area contributed by atoms with Gasteiger partial charge in [-0.3, -0.25) is 0 Å². The number of nitrogens with zero attached hydrogens (tertiary/aromatic N) is 3. The molecule has 0 aliphatic rings. The topological polar surface area (TPSA) is 30.7 Å². The number of hydrogen-bond acceptors (Lipinski definition) is 3. The van der Waals surface area contributed by atoms with Gasteiger partial charge in [-0.15, -0.1) is 11.3 Å². The standard InChI is InChI=1S/C44H27N3S.C7H8/c1-3-12-28(13-4-1)41-43-42(46-44(45-41)29-14-5-2-6-15-29)40-34(18-11-21-39(40)48-43)32-23-22-31-27-33(25-24-30(31)26-32)47-37-19-9-7-16-35(37)36-17-8-10-20-38(36)47;1-7-5-3-2-4-6-7/h1-27H;2-6H,1H3. The first-order chi connectivity index (χ1) is 27.2. The molecule has 11 aromatic rings. The van der Waals surface area contributed by atoms with E-state index in [0.29, 0.717) is 0 Å². The zero-order valence-corrected chi connectivity index (χ0v) is 31.0. The van der Waals surface area contributed by atoms with E-state index in [1.54, 1.807) is 11.3 Å². The third-order valence-electron chi connectivity index (χ3n) is 10.3. The smallest absolute Gasteiger partial charge is 0.160 e. The third-order valence-corrected chi connectivity index (χ3v) is 11.5. The van der Waals surface area contributed by atoms with E-state index in [1.165, 1.54) is 59.4 Å². The van der Waals surface area contributed by atoms with Crippen molar-refractivity contribution in [1.29, 1.82) is 0 Å². The summed E-state index contributed by atoms with van der Waals surface area (Å²) in [6.45, 7) is 2.08. The Balaban J connectivity index is 0.000000482. The SMILES string of the molecule is Cc1ccccc1.c1ccc(-c2nc(-c3ccccc3)c3sc4cccc(-c5ccc6cc(-n7c8ccccc8c8ccccc87)ccc6c5)c4c3n2)cc1. The van der Waals surface area contributed by atoms with Crippen molar-refractivity contribution in [2.45, 2.75) is 6.92 Å². The van der Waals surface area contributed by atoms with E-state index in [-0.39, 0.29) is 0 Å². The Bertz CT molecular complexity index is 3090. The number of fused-ring (bicyclic) bond motifs is 7. The van der Waals surface area contributed by atoms with E-state index in [2.05, 4.69) is 169 Å². The molecular weight excluding hydrogens is 687 g/mol. The van der Waals surface area contributed by atoms with E-state index < -0.39 is 0 Å². The highest BCUT2D eigenvalue weighted by atomic mass is 32.1. The summed E-state index contributed by atoms with van der Waals surface area (Å²) in [6.07, 6.45) is 0. The van der Waals surface area contributed by atoms with Crippen molar-refractivity contribution in [2.24, 2.45) is 0 Å². The quantitative estimate of drug-likeness (QED) is 0.181. The van der Waals surface area contributed by atoms with Crippen LogP contribution in [0.4, 0.5) is 0 Å². The van der Waals surface area contributed by atoms with Crippen molar-refractivity contribution in [2.75, 3.05) is 0 Å². The third kappa shape index (κ3) is 5.94. The average Bonchev–Trinajstić information content (AvgIpc) is 3.80. The number of rotatable bonds is 4. The molecule has 260 valence electrons. The predicted octanol–water partition coefficient (Wildman–Crippen LogP) is 14.1. The Morgan fingerprint density at radius 2 is 1.07 bits per heavy atom. The number of thiophene rings is 1. The fourth-order valence-corrected chi connectivity index (χ4v) is 8.89. The summed E-state index contributed by atoms with van der Waals surface area (Å²) in [4.78, 5) is 10.4. The van der Waals surface area contributed by atoms with E-state index in [1.807, 2.05) is 36.4 Å². The minimum atomic E-state index is 0.743. The van der Waals surface area contributed by atoms with Gasteiger partial charge in [0.2, 0.25) is 0 Å². The molecule has 0 fully saturated rings. The molecule has 0 bridgehead atoms. The van der Waals surface area contributed by atoms with Gasteiger partial charge in [0.15, 0.2) is 5.82 Å². The highest BCUT2D eigenvalue weighted by Crippen LogP contribution is 2.44. The first-order valence-corrected chi connectivity index (χ1v) is 19.4. The first-order valence-electron chi connectivity index (χ1n) is 18.6. The highest BCUT2D eigenvalue weighted by molar-refractivity contribution is 7.26. The fourth-order valence-electron chi connectivity index (χ4n) is 7.71. The van der Waals surface area contributed by atoms with Crippen LogP contribution in [0.1, 0.15) is 5.56 Å². The Morgan fingerprint density at radius 3 is 1.75 bits per heavy atom. The summed E-state index contributed by atoms with van der Waals surface area (Å²) in [7, 11) is 0. The van der Waals surface area contributed by atoms with Gasteiger partial charge in [-0.25, -0.2) is 9.97 Å². The number of para-hydroxylation sites is 2. The molecule has 0 atom stereocenters. The summed E-state index contributed by atoms with van der Waals surface area (Å²) in [6, 6.07) is 68.6. The number of aryl methyl sites for hydroxylation is 1. The van der Waals surface area contributed by atoms with Gasteiger partial charge in [-0.05, 0) is 65.2 Å². The molecule has 3 nitrogen and oxygen atoms in total. The van der Waals surface area contributed by atoms with Crippen LogP contribution in [0.5, 0.6) is 0 Å². The molecule has 55 heavy (non-hydrogen) atoms. The monoisotopic (exact) mass is 721 g/mol. The van der Waals surface area contributed by atoms with Crippen LogP contribution < -0.4 is 0 Å². The molecule has 0 aliphatic carbocycles. The minimum absolute atomic E-state index is 0.743. The molecule has 11 rings (SSSR count). The van der Waals surface area contributed by atoms with E-state index in [0.717, 1.165) is 38.5 Å². The van der Waals surface area contributed by atoms with Gasteiger partial charge in [0.25, 0.3) is 0 Å². The van der Waals surface area contributed by atoms with Gasteiger partial charge in [-0.2, -0.15) is 0 Å². The lowest BCUT2D eigenvalue weighted by molar-refractivity contribution is 1.19. The van der Waals surface area contributed by atoms with Gasteiger partial charge >= 0.3 is 0 Å². The molecule has 0 saturated heterocycles. The van der Waals surface area contributed by atoms with Crippen molar-refractivity contribution < 1.29 is 0 Å². The summed E-state index contributed by atoms with van der Waals surface area (Å²) in [5.41, 5.74) is 11.4. The molecule has 3 heterocycles. The van der Waals surface area contributed by atoms with Crippen LogP contribution in [0, 0.1) is 6.92 Å². The van der Waals surface area contributed by atoms with Crippen molar-refractivity contribution in [3.05, 3.63) is 200 Å². The van der Waals surface area contributed by atoms with Crippen LogP contribution in [0.25, 0.3) is 92.3 Å². The van der Waals surface area contributed by atoms with Crippen LogP contribution in [0.15, 0.2) is 194 Å². The van der Waals surface area contributed by atoms with E-state index >= 15 is 0 Å². The maximum Gasteiger partial charge on any atom is 0.160 e.